The highest BCUT2D eigenvalue weighted by Crippen LogP contribution is 2.49. The summed E-state index contributed by atoms with van der Waals surface area (Å²) in [5, 5.41) is 19.6. The molecule has 2 heteroatoms. The third-order valence-corrected chi connectivity index (χ3v) is 3.58. The molecule has 4 bridgehead atoms. The molecule has 1 saturated carbocycles. The summed E-state index contributed by atoms with van der Waals surface area (Å²) in [7, 11) is 0. The Morgan fingerprint density at radius 3 is 1.08 bits per heavy atom. The summed E-state index contributed by atoms with van der Waals surface area (Å²) in [4.78, 5) is 0. The van der Waals surface area contributed by atoms with E-state index in [1.165, 1.54) is 0 Å². The summed E-state index contributed by atoms with van der Waals surface area (Å²) in [6.07, 6.45) is 7.75. The minimum absolute atomic E-state index is 0.167. The zero-order valence-corrected chi connectivity index (χ0v) is 6.67. The second kappa shape index (κ2) is 2.01. The lowest BCUT2D eigenvalue weighted by Gasteiger charge is -2.36. The predicted molar refractivity (Wildman–Crippen MR) is 44.3 cm³/mol. The number of aliphatic hydroxyl groups is 2. The average molecular weight is 164 g/mol. The fourth-order valence-electron chi connectivity index (χ4n) is 2.91. The lowest BCUT2D eigenvalue weighted by molar-refractivity contribution is -0.0395. The van der Waals surface area contributed by atoms with Crippen molar-refractivity contribution in [2.24, 2.45) is 23.7 Å². The normalized spacial score (nSPS) is 59.8. The van der Waals surface area contributed by atoms with Gasteiger partial charge >= 0.3 is 0 Å². The van der Waals surface area contributed by atoms with Gasteiger partial charge in [0.25, 0.3) is 0 Å². The molecule has 4 atom stereocenters. The first-order chi connectivity index (χ1) is 5.79. The summed E-state index contributed by atoms with van der Waals surface area (Å²) < 4.78 is 0. The van der Waals surface area contributed by atoms with E-state index in [2.05, 4.69) is 24.3 Å². The van der Waals surface area contributed by atoms with E-state index in [0.717, 1.165) is 0 Å². The summed E-state index contributed by atoms with van der Waals surface area (Å²) in [5.74, 6) is 0.667. The predicted octanol–water partition coefficient (Wildman–Crippen LogP) is 0.326. The zero-order chi connectivity index (χ0) is 8.29. The van der Waals surface area contributed by atoms with Crippen LogP contribution in [0.15, 0.2) is 24.3 Å². The first-order valence-electron chi connectivity index (χ1n) is 4.52. The van der Waals surface area contributed by atoms with E-state index < -0.39 is 0 Å². The van der Waals surface area contributed by atoms with Gasteiger partial charge in [0.15, 0.2) is 0 Å². The van der Waals surface area contributed by atoms with Crippen molar-refractivity contribution < 1.29 is 10.2 Å². The van der Waals surface area contributed by atoms with E-state index in [1.54, 1.807) is 0 Å². The largest absolute Gasteiger partial charge is 0.392 e. The maximum Gasteiger partial charge on any atom is 0.0678 e. The fraction of sp³-hybridized carbons (Fsp3) is 0.600. The minimum atomic E-state index is -0.251. The molecule has 0 aliphatic heterocycles. The van der Waals surface area contributed by atoms with Gasteiger partial charge in [-0.1, -0.05) is 24.3 Å². The standard InChI is InChI=1S/C10H12O2/c11-9-5-1-2-6(9)8-4-3-7(5)10(8)12/h1-12H/t5-,6-,7+,8+,9?,10?. The summed E-state index contributed by atoms with van der Waals surface area (Å²) in [6, 6.07) is 0. The van der Waals surface area contributed by atoms with Gasteiger partial charge in [0.2, 0.25) is 0 Å². The Balaban J connectivity index is 2.07. The third kappa shape index (κ3) is 0.595. The van der Waals surface area contributed by atoms with Gasteiger partial charge in [-0.25, -0.2) is 0 Å². The van der Waals surface area contributed by atoms with Gasteiger partial charge < -0.3 is 10.2 Å². The van der Waals surface area contributed by atoms with Crippen molar-refractivity contribution in [2.45, 2.75) is 12.2 Å². The van der Waals surface area contributed by atoms with E-state index in [4.69, 9.17) is 0 Å². The molecule has 3 aliphatic carbocycles. The van der Waals surface area contributed by atoms with Crippen LogP contribution in [0.25, 0.3) is 0 Å². The molecular formula is C10H12O2. The first kappa shape index (κ1) is 6.87. The number of hydrogen-bond acceptors (Lipinski definition) is 2. The Hall–Kier alpha value is -0.600. The molecule has 0 saturated heterocycles. The average Bonchev–Trinajstić information content (AvgIpc) is 2.41. The molecule has 2 N–H and O–H groups in total. The number of aliphatic hydroxyl groups excluding tert-OH is 2. The van der Waals surface area contributed by atoms with E-state index in [0.29, 0.717) is 0 Å². The van der Waals surface area contributed by atoms with Gasteiger partial charge in [-0.3, -0.25) is 0 Å². The zero-order valence-electron chi connectivity index (χ0n) is 6.67. The van der Waals surface area contributed by atoms with E-state index >= 15 is 0 Å². The molecule has 0 aromatic carbocycles. The van der Waals surface area contributed by atoms with Gasteiger partial charge in [-0.05, 0) is 0 Å². The molecular weight excluding hydrogens is 152 g/mol. The lowest BCUT2D eigenvalue weighted by atomic mass is 9.73. The Morgan fingerprint density at radius 1 is 0.583 bits per heavy atom. The molecule has 0 amide bonds. The molecule has 64 valence electrons. The molecule has 2 nitrogen and oxygen atoms in total. The Kier molecular flexibility index (Phi) is 1.15. The van der Waals surface area contributed by atoms with Gasteiger partial charge in [0.05, 0.1) is 12.2 Å². The summed E-state index contributed by atoms with van der Waals surface area (Å²) in [6.45, 7) is 0. The molecule has 0 aromatic rings. The van der Waals surface area contributed by atoms with Crippen molar-refractivity contribution in [1.82, 2.24) is 0 Å². The molecule has 3 rings (SSSR count). The maximum atomic E-state index is 9.79. The monoisotopic (exact) mass is 164 g/mol. The van der Waals surface area contributed by atoms with Crippen molar-refractivity contribution in [3.63, 3.8) is 0 Å². The van der Waals surface area contributed by atoms with E-state index in [9.17, 15) is 10.2 Å². The van der Waals surface area contributed by atoms with Gasteiger partial charge in [-0.2, -0.15) is 0 Å². The van der Waals surface area contributed by atoms with Crippen LogP contribution in [0.2, 0.25) is 0 Å². The van der Waals surface area contributed by atoms with Crippen LogP contribution in [0.4, 0.5) is 0 Å². The van der Waals surface area contributed by atoms with Crippen LogP contribution >= 0.6 is 0 Å². The topological polar surface area (TPSA) is 40.5 Å². The van der Waals surface area contributed by atoms with Crippen molar-refractivity contribution in [2.75, 3.05) is 0 Å². The molecule has 3 aliphatic rings. The van der Waals surface area contributed by atoms with Gasteiger partial charge in [0.1, 0.15) is 0 Å². The van der Waals surface area contributed by atoms with Gasteiger partial charge in [0, 0.05) is 23.7 Å². The Bertz CT molecular complexity index is 217. The second-order valence-corrected chi connectivity index (χ2v) is 4.06. The van der Waals surface area contributed by atoms with Crippen LogP contribution in [-0.4, -0.2) is 22.4 Å². The number of rotatable bonds is 0. The minimum Gasteiger partial charge on any atom is -0.392 e. The fourth-order valence-corrected chi connectivity index (χ4v) is 2.91. The quantitative estimate of drug-likeness (QED) is 0.506. The van der Waals surface area contributed by atoms with Crippen LogP contribution in [0, 0.1) is 23.7 Å². The van der Waals surface area contributed by atoms with Crippen molar-refractivity contribution in [1.29, 1.82) is 0 Å². The number of fused-ring (bicyclic) bond motifs is 6. The van der Waals surface area contributed by atoms with E-state index in [1.807, 2.05) is 0 Å². The summed E-state index contributed by atoms with van der Waals surface area (Å²) in [5.41, 5.74) is 0. The molecule has 0 aromatic heterocycles. The molecule has 0 unspecified atom stereocenters. The molecule has 1 fully saturated rings. The smallest absolute Gasteiger partial charge is 0.0678 e. The van der Waals surface area contributed by atoms with Crippen molar-refractivity contribution in [3.05, 3.63) is 24.3 Å². The highest BCUT2D eigenvalue weighted by molar-refractivity contribution is 5.27. The SMILES string of the molecule is OC1[C@H]2C=C[C@H]1[C@H]1C=C[C@H]2C1O. The highest BCUT2D eigenvalue weighted by atomic mass is 16.3. The Labute approximate surface area is 71.2 Å². The van der Waals surface area contributed by atoms with Gasteiger partial charge in [-0.15, -0.1) is 0 Å². The highest BCUT2D eigenvalue weighted by Gasteiger charge is 2.51. The van der Waals surface area contributed by atoms with Crippen LogP contribution in [0.1, 0.15) is 0 Å². The van der Waals surface area contributed by atoms with Crippen molar-refractivity contribution >= 4 is 0 Å². The summed E-state index contributed by atoms with van der Waals surface area (Å²) >= 11 is 0. The molecule has 12 heavy (non-hydrogen) atoms. The first-order valence-corrected chi connectivity index (χ1v) is 4.52. The van der Waals surface area contributed by atoms with Crippen LogP contribution in [0.5, 0.6) is 0 Å². The van der Waals surface area contributed by atoms with Crippen molar-refractivity contribution in [3.8, 4) is 0 Å². The third-order valence-electron chi connectivity index (χ3n) is 3.58. The molecule has 0 heterocycles. The Morgan fingerprint density at radius 2 is 0.833 bits per heavy atom. The van der Waals surface area contributed by atoms with Crippen LogP contribution in [-0.2, 0) is 0 Å². The molecule has 0 radical (unpaired) electrons. The van der Waals surface area contributed by atoms with E-state index in [-0.39, 0.29) is 35.9 Å². The molecule has 0 spiro atoms. The lowest BCUT2D eigenvalue weighted by Crippen LogP contribution is -2.43. The second-order valence-electron chi connectivity index (χ2n) is 4.06. The van der Waals surface area contributed by atoms with Crippen LogP contribution < -0.4 is 0 Å². The number of hydrogen-bond donors (Lipinski definition) is 2. The maximum absolute atomic E-state index is 9.79. The van der Waals surface area contributed by atoms with Crippen LogP contribution in [0.3, 0.4) is 0 Å².